The van der Waals surface area contributed by atoms with Gasteiger partial charge in [0.15, 0.2) is 8.32 Å². The number of nitrogen functional groups attached to an aromatic ring is 1. The van der Waals surface area contributed by atoms with Crippen molar-refractivity contribution < 1.29 is 18.8 Å². The Bertz CT molecular complexity index is 1250. The van der Waals surface area contributed by atoms with Crippen LogP contribution in [0.5, 0.6) is 0 Å². The van der Waals surface area contributed by atoms with Gasteiger partial charge in [-0.05, 0) is 65.2 Å². The van der Waals surface area contributed by atoms with Gasteiger partial charge in [0, 0.05) is 27.8 Å². The van der Waals surface area contributed by atoms with Gasteiger partial charge in [-0.15, -0.1) is 0 Å². The number of nitro benzene ring substituents is 1. The fraction of sp³-hybridized carbons (Fsp3) is 0.630. The molecule has 0 amide bonds. The molecule has 1 aliphatic heterocycles. The summed E-state index contributed by atoms with van der Waals surface area (Å²) in [6.07, 6.45) is 1.56. The van der Waals surface area contributed by atoms with E-state index in [1.807, 2.05) is 26.8 Å². The molecular weight excluding hydrogens is 631 g/mol. The SMILES string of the molecule is CC[C@H]1O[C@@H](n2cc(CO[C@@H](c3ccc(I)cc3[N+](=O)[O-])C(C)C)c(N)nc2=O)CC1O[Si](C)(C)C(C)(C)C. The van der Waals surface area contributed by atoms with Gasteiger partial charge >= 0.3 is 5.69 Å². The van der Waals surface area contributed by atoms with Crippen molar-refractivity contribution in [1.82, 2.24) is 9.55 Å². The molecule has 1 fully saturated rings. The number of hydrogen-bond acceptors (Lipinski definition) is 8. The molecule has 0 spiro atoms. The first kappa shape index (κ1) is 31.7. The number of nitrogens with two attached hydrogens (primary N) is 1. The second-order valence-electron chi connectivity index (χ2n) is 12.0. The molecule has 1 aromatic carbocycles. The summed E-state index contributed by atoms with van der Waals surface area (Å²) in [5, 5.41) is 11.8. The number of halogens is 1. The van der Waals surface area contributed by atoms with Gasteiger partial charge in [0.2, 0.25) is 0 Å². The third kappa shape index (κ3) is 7.26. The zero-order chi connectivity index (χ0) is 29.3. The van der Waals surface area contributed by atoms with Gasteiger partial charge in [-0.1, -0.05) is 41.5 Å². The fourth-order valence-electron chi connectivity index (χ4n) is 4.49. The van der Waals surface area contributed by atoms with Crippen LogP contribution in [0.2, 0.25) is 18.1 Å². The number of benzene rings is 1. The van der Waals surface area contributed by atoms with Crippen molar-refractivity contribution in [2.75, 3.05) is 5.73 Å². The minimum absolute atomic E-state index is 0.00871. The Morgan fingerprint density at radius 2 is 2.00 bits per heavy atom. The third-order valence-corrected chi connectivity index (χ3v) is 12.9. The number of rotatable bonds is 10. The first-order valence-electron chi connectivity index (χ1n) is 13.3. The van der Waals surface area contributed by atoms with E-state index < -0.39 is 31.3 Å². The van der Waals surface area contributed by atoms with Crippen LogP contribution in [0.15, 0.2) is 29.2 Å². The molecule has 1 saturated heterocycles. The smallest absolute Gasteiger partial charge is 0.351 e. The summed E-state index contributed by atoms with van der Waals surface area (Å²) in [6.45, 7) is 17.0. The summed E-state index contributed by atoms with van der Waals surface area (Å²) < 4.78 is 21.4. The van der Waals surface area contributed by atoms with E-state index in [1.165, 1.54) is 10.6 Å². The molecule has 1 aliphatic rings. The van der Waals surface area contributed by atoms with Gasteiger partial charge in [-0.2, -0.15) is 4.98 Å². The molecule has 0 radical (unpaired) electrons. The van der Waals surface area contributed by atoms with Crippen LogP contribution in [0.4, 0.5) is 11.5 Å². The Hall–Kier alpha value is -1.87. The number of hydrogen-bond donors (Lipinski definition) is 1. The summed E-state index contributed by atoms with van der Waals surface area (Å²) in [4.78, 5) is 28.3. The molecule has 12 heteroatoms. The summed E-state index contributed by atoms with van der Waals surface area (Å²) in [5.74, 6) is 0.00977. The van der Waals surface area contributed by atoms with E-state index >= 15 is 0 Å². The molecule has 1 aromatic heterocycles. The van der Waals surface area contributed by atoms with Crippen LogP contribution in [0, 0.1) is 19.6 Å². The molecule has 1 unspecified atom stereocenters. The number of nitro groups is 1. The van der Waals surface area contributed by atoms with Crippen LogP contribution in [0.3, 0.4) is 0 Å². The summed E-state index contributed by atoms with van der Waals surface area (Å²) in [6, 6.07) is 5.09. The monoisotopic (exact) mass is 672 g/mol. The molecule has 216 valence electrons. The molecule has 10 nitrogen and oxygen atoms in total. The standard InChI is InChI=1S/C27H41IN4O6Si/c1-9-21-22(38-39(7,8)27(4,5)6)13-23(37-21)31-14-17(25(29)30-26(31)33)15-36-24(16(2)3)19-11-10-18(28)12-20(19)32(34)35/h10-12,14,16,21-24H,9,13,15H2,1-8H3,(H2,29,30,33)/t21-,22?,23-,24-/m1/s1. The first-order valence-corrected chi connectivity index (χ1v) is 17.3. The number of ether oxygens (including phenoxy) is 2. The topological polar surface area (TPSA) is 132 Å². The minimum atomic E-state index is -2.05. The van der Waals surface area contributed by atoms with Crippen LogP contribution in [-0.4, -0.2) is 35.0 Å². The lowest BCUT2D eigenvalue weighted by Gasteiger charge is -2.39. The Kier molecular flexibility index (Phi) is 10.0. The van der Waals surface area contributed by atoms with E-state index in [0.29, 0.717) is 17.5 Å². The Balaban J connectivity index is 1.86. The van der Waals surface area contributed by atoms with Crippen LogP contribution < -0.4 is 11.4 Å². The highest BCUT2D eigenvalue weighted by Gasteiger charge is 2.44. The zero-order valence-electron chi connectivity index (χ0n) is 24.1. The second kappa shape index (κ2) is 12.3. The highest BCUT2D eigenvalue weighted by molar-refractivity contribution is 14.1. The maximum atomic E-state index is 12.9. The summed E-state index contributed by atoms with van der Waals surface area (Å²) in [5.41, 5.74) is 6.64. The predicted octanol–water partition coefficient (Wildman–Crippen LogP) is 6.34. The molecular formula is C27H41IN4O6Si. The van der Waals surface area contributed by atoms with E-state index in [-0.39, 0.29) is 41.3 Å². The van der Waals surface area contributed by atoms with Gasteiger partial charge < -0.3 is 19.6 Å². The Morgan fingerprint density at radius 3 is 2.56 bits per heavy atom. The van der Waals surface area contributed by atoms with Crippen molar-refractivity contribution in [3.8, 4) is 0 Å². The van der Waals surface area contributed by atoms with E-state index in [4.69, 9.17) is 19.6 Å². The van der Waals surface area contributed by atoms with Crippen molar-refractivity contribution in [2.45, 2.75) is 104 Å². The minimum Gasteiger partial charge on any atom is -0.411 e. The Morgan fingerprint density at radius 1 is 1.33 bits per heavy atom. The first-order chi connectivity index (χ1) is 18.1. The third-order valence-electron chi connectivity index (χ3n) is 7.73. The number of nitrogens with zero attached hydrogens (tertiary/aromatic N) is 3. The molecule has 0 aliphatic carbocycles. The lowest BCUT2D eigenvalue weighted by atomic mass is 9.97. The molecule has 39 heavy (non-hydrogen) atoms. The van der Waals surface area contributed by atoms with Crippen molar-refractivity contribution in [2.24, 2.45) is 5.92 Å². The molecule has 3 rings (SSSR count). The van der Waals surface area contributed by atoms with Gasteiger partial charge in [0.1, 0.15) is 12.0 Å². The predicted molar refractivity (Wildman–Crippen MR) is 162 cm³/mol. The van der Waals surface area contributed by atoms with E-state index in [0.717, 1.165) is 9.99 Å². The lowest BCUT2D eigenvalue weighted by molar-refractivity contribution is -0.386. The average Bonchev–Trinajstić information content (AvgIpc) is 3.21. The summed E-state index contributed by atoms with van der Waals surface area (Å²) >= 11 is 2.05. The van der Waals surface area contributed by atoms with Crippen molar-refractivity contribution in [3.63, 3.8) is 0 Å². The van der Waals surface area contributed by atoms with E-state index in [9.17, 15) is 14.9 Å². The van der Waals surface area contributed by atoms with Gasteiger partial charge in [0.05, 0.1) is 35.4 Å². The zero-order valence-corrected chi connectivity index (χ0v) is 27.2. The molecule has 2 aromatic rings. The maximum Gasteiger partial charge on any atom is 0.351 e. The molecule has 4 atom stereocenters. The number of anilines is 1. The lowest BCUT2D eigenvalue weighted by Crippen LogP contribution is -2.45. The maximum absolute atomic E-state index is 12.9. The normalized spacial score (nSPS) is 20.9. The molecule has 2 N–H and O–H groups in total. The van der Waals surface area contributed by atoms with Gasteiger partial charge in [-0.25, -0.2) is 4.79 Å². The molecule has 2 heterocycles. The molecule has 0 saturated carbocycles. The van der Waals surface area contributed by atoms with Crippen LogP contribution in [-0.2, 0) is 20.5 Å². The quantitative estimate of drug-likeness (QED) is 0.134. The van der Waals surface area contributed by atoms with Crippen LogP contribution in [0.25, 0.3) is 0 Å². The summed E-state index contributed by atoms with van der Waals surface area (Å²) in [7, 11) is -2.05. The highest BCUT2D eigenvalue weighted by Crippen LogP contribution is 2.41. The number of aromatic nitrogens is 2. The van der Waals surface area contributed by atoms with E-state index in [2.05, 4.69) is 61.4 Å². The highest BCUT2D eigenvalue weighted by atomic mass is 127. The average molecular weight is 673 g/mol. The van der Waals surface area contributed by atoms with Gasteiger partial charge in [-0.3, -0.25) is 14.7 Å². The van der Waals surface area contributed by atoms with E-state index in [1.54, 1.807) is 12.3 Å². The second-order valence-corrected chi connectivity index (χ2v) is 18.0. The molecule has 0 bridgehead atoms. The van der Waals surface area contributed by atoms with Crippen LogP contribution in [0.1, 0.15) is 77.8 Å². The van der Waals surface area contributed by atoms with Crippen molar-refractivity contribution >= 4 is 42.4 Å². The largest absolute Gasteiger partial charge is 0.411 e. The van der Waals surface area contributed by atoms with Crippen molar-refractivity contribution in [3.05, 3.63) is 59.7 Å². The van der Waals surface area contributed by atoms with Crippen molar-refractivity contribution in [1.29, 1.82) is 0 Å². The van der Waals surface area contributed by atoms with Crippen LogP contribution >= 0.6 is 22.6 Å². The Labute approximate surface area is 245 Å². The fourth-order valence-corrected chi connectivity index (χ4v) is 6.32. The van der Waals surface area contributed by atoms with Gasteiger partial charge in [0.25, 0.3) is 5.69 Å².